The van der Waals surface area contributed by atoms with Gasteiger partial charge in [0, 0.05) is 32.6 Å². The number of halogens is 3. The van der Waals surface area contributed by atoms with Gasteiger partial charge in [-0.2, -0.15) is 5.10 Å². The fraction of sp³-hybridized carbons (Fsp3) is 0.231. The number of aromatic nitrogens is 3. The van der Waals surface area contributed by atoms with Gasteiger partial charge in [0.25, 0.3) is 0 Å². The molecule has 1 aliphatic rings. The highest BCUT2D eigenvalue weighted by Gasteiger charge is 2.35. The number of hydrogen-bond donors (Lipinski definition) is 1. The Hall–Kier alpha value is -1.75. The Kier molecular flexibility index (Phi) is 4.25. The predicted octanol–water partition coefficient (Wildman–Crippen LogP) is 1.43. The molecule has 3 rings (SSSR count). The summed E-state index contributed by atoms with van der Waals surface area (Å²) in [5.41, 5.74) is -1.55. The minimum Gasteiger partial charge on any atom is -0.381 e. The normalized spacial score (nSPS) is 16.6. The molecular weight excluding hydrogens is 407 g/mol. The molecule has 1 unspecified atom stereocenters. The summed E-state index contributed by atoms with van der Waals surface area (Å²) in [6, 6.07) is 3.15. The Labute approximate surface area is 135 Å². The molecule has 1 atom stereocenters. The lowest BCUT2D eigenvalue weighted by molar-refractivity contribution is 0.00798. The molecular formula is C13H12F2IN5O. The van der Waals surface area contributed by atoms with Crippen LogP contribution in [0.15, 0.2) is 35.8 Å². The number of benzene rings is 1. The second-order valence-electron chi connectivity index (χ2n) is 4.77. The summed E-state index contributed by atoms with van der Waals surface area (Å²) in [5, 5.41) is 15.0. The van der Waals surface area contributed by atoms with Gasteiger partial charge in [0.15, 0.2) is 0 Å². The van der Waals surface area contributed by atoms with Crippen LogP contribution < -0.4 is 0 Å². The molecule has 0 spiro atoms. The number of aliphatic imine (C=N–C) groups is 1. The average molecular weight is 419 g/mol. The predicted molar refractivity (Wildman–Crippen MR) is 85.6 cm³/mol. The lowest BCUT2D eigenvalue weighted by Gasteiger charge is -2.31. The highest BCUT2D eigenvalue weighted by molar-refractivity contribution is 14.2. The summed E-state index contributed by atoms with van der Waals surface area (Å²) < 4.78 is 32.3. The smallest absolute Gasteiger partial charge is 0.137 e. The van der Waals surface area contributed by atoms with E-state index in [0.717, 1.165) is 12.1 Å². The van der Waals surface area contributed by atoms with Crippen molar-refractivity contribution in [2.24, 2.45) is 4.99 Å². The topological polar surface area (TPSA) is 66.5 Å². The van der Waals surface area contributed by atoms with Crippen molar-refractivity contribution in [1.82, 2.24) is 17.9 Å². The molecule has 9 heteroatoms. The first-order chi connectivity index (χ1) is 10.6. The van der Waals surface area contributed by atoms with Crippen LogP contribution in [-0.4, -0.2) is 40.0 Å². The van der Waals surface area contributed by atoms with Crippen LogP contribution in [0, 0.1) is 11.6 Å². The molecule has 0 saturated carbocycles. The van der Waals surface area contributed by atoms with Crippen LogP contribution in [0.4, 0.5) is 8.78 Å². The minimum atomic E-state index is -1.57. The molecule has 1 N–H and O–H groups in total. The second-order valence-corrected chi connectivity index (χ2v) is 7.12. The monoisotopic (exact) mass is 419 g/mol. The first-order valence-electron chi connectivity index (χ1n) is 6.32. The van der Waals surface area contributed by atoms with Crippen LogP contribution in [0.3, 0.4) is 0 Å². The highest BCUT2D eigenvalue weighted by atomic mass is 127. The molecule has 6 nitrogen and oxygen atoms in total. The third-order valence-corrected chi connectivity index (χ3v) is 5.03. The van der Waals surface area contributed by atoms with Gasteiger partial charge in [0.2, 0.25) is 0 Å². The number of hydrogen-bond acceptors (Lipinski definition) is 5. The fourth-order valence-corrected chi connectivity index (χ4v) is 3.86. The molecule has 2 aromatic rings. The van der Waals surface area contributed by atoms with Crippen molar-refractivity contribution in [3.8, 4) is 0 Å². The van der Waals surface area contributed by atoms with Gasteiger partial charge in [0.1, 0.15) is 29.9 Å². The summed E-state index contributed by atoms with van der Waals surface area (Å²) >= 11 is -0.478. The number of nitrogens with zero attached hydrogens (tertiary/aromatic N) is 5. The van der Waals surface area contributed by atoms with E-state index in [-0.39, 0.29) is 18.7 Å². The van der Waals surface area contributed by atoms with E-state index < -0.39 is 38.2 Å². The fourth-order valence-electron chi connectivity index (χ4n) is 2.20. The van der Waals surface area contributed by atoms with Crippen LogP contribution in [0.2, 0.25) is 0 Å². The van der Waals surface area contributed by atoms with Crippen molar-refractivity contribution in [3.05, 3.63) is 48.1 Å². The zero-order valence-corrected chi connectivity index (χ0v) is 13.4. The molecule has 0 aliphatic carbocycles. The number of β-amino-alcohol motifs (C(OH)–C–C–N with tert-alkyl or cyclic N) is 1. The molecule has 22 heavy (non-hydrogen) atoms. The third-order valence-electron chi connectivity index (χ3n) is 3.15. The average Bonchev–Trinajstić information content (AvgIpc) is 3.12. The van der Waals surface area contributed by atoms with Gasteiger partial charge in [0.05, 0.1) is 23.6 Å². The SMILES string of the molecule is OC(CN1C=NC=I1)(Cn1cncn1)c1ccc(F)cc1F. The van der Waals surface area contributed by atoms with Crippen molar-refractivity contribution >= 4 is 31.5 Å². The van der Waals surface area contributed by atoms with Crippen molar-refractivity contribution in [2.75, 3.05) is 6.54 Å². The van der Waals surface area contributed by atoms with Gasteiger partial charge in [-0.25, -0.2) is 23.4 Å². The third kappa shape index (κ3) is 3.19. The lowest BCUT2D eigenvalue weighted by atomic mass is 9.93. The molecule has 0 amide bonds. The summed E-state index contributed by atoms with van der Waals surface area (Å²) in [7, 11) is 0. The molecule has 0 bridgehead atoms. The molecule has 0 fully saturated rings. The quantitative estimate of drug-likeness (QED) is 0.589. The maximum absolute atomic E-state index is 14.2. The van der Waals surface area contributed by atoms with Crippen molar-refractivity contribution in [3.63, 3.8) is 0 Å². The van der Waals surface area contributed by atoms with E-state index in [1.165, 1.54) is 23.4 Å². The standard InChI is InChI=1S/C13H12F2IN5O/c14-10-1-2-11(12(15)3-10)13(22,4-20-8-17-6-16-20)5-21-9-18-7-19-21/h1-3,6-9,22H,4-5H2. The Morgan fingerprint density at radius 2 is 2.14 bits per heavy atom. The zero-order chi connectivity index (χ0) is 15.6. The van der Waals surface area contributed by atoms with E-state index in [1.54, 1.807) is 10.5 Å². The maximum Gasteiger partial charge on any atom is 0.137 e. The lowest BCUT2D eigenvalue weighted by Crippen LogP contribution is -2.41. The van der Waals surface area contributed by atoms with Gasteiger partial charge in [-0.15, -0.1) is 0 Å². The van der Waals surface area contributed by atoms with E-state index in [2.05, 4.69) is 15.1 Å². The Morgan fingerprint density at radius 3 is 2.77 bits per heavy atom. The van der Waals surface area contributed by atoms with Gasteiger partial charge in [-0.1, -0.05) is 6.07 Å². The first kappa shape index (κ1) is 15.2. The summed E-state index contributed by atoms with van der Waals surface area (Å²) in [4.78, 5) is 7.82. The van der Waals surface area contributed by atoms with Crippen LogP contribution in [0.25, 0.3) is 0 Å². The Balaban J connectivity index is 1.97. The van der Waals surface area contributed by atoms with Crippen LogP contribution in [0.5, 0.6) is 0 Å². The van der Waals surface area contributed by atoms with Crippen molar-refractivity contribution < 1.29 is 13.9 Å². The van der Waals surface area contributed by atoms with E-state index in [9.17, 15) is 13.9 Å². The molecule has 0 saturated heterocycles. The van der Waals surface area contributed by atoms with Gasteiger partial charge >= 0.3 is 0 Å². The van der Waals surface area contributed by atoms with Gasteiger partial charge < -0.3 is 8.22 Å². The largest absolute Gasteiger partial charge is 0.381 e. The first-order valence-corrected chi connectivity index (χ1v) is 8.53. The van der Waals surface area contributed by atoms with E-state index in [4.69, 9.17) is 0 Å². The maximum atomic E-state index is 14.2. The molecule has 1 aromatic heterocycles. The van der Waals surface area contributed by atoms with Crippen LogP contribution >= 0.6 is 21.0 Å². The molecule has 0 radical (unpaired) electrons. The van der Waals surface area contributed by atoms with Crippen molar-refractivity contribution in [2.45, 2.75) is 12.1 Å². The highest BCUT2D eigenvalue weighted by Crippen LogP contribution is 2.29. The van der Waals surface area contributed by atoms with E-state index >= 15 is 0 Å². The summed E-state index contributed by atoms with van der Waals surface area (Å²) in [6.07, 6.45) is 4.38. The number of aliphatic hydroxyl groups is 1. The molecule has 116 valence electrons. The molecule has 1 aliphatic heterocycles. The van der Waals surface area contributed by atoms with E-state index in [0.29, 0.717) is 0 Å². The van der Waals surface area contributed by atoms with Crippen molar-refractivity contribution in [1.29, 1.82) is 0 Å². The van der Waals surface area contributed by atoms with Crippen LogP contribution in [0.1, 0.15) is 5.56 Å². The summed E-state index contributed by atoms with van der Waals surface area (Å²) in [6.45, 7) is 0.145. The zero-order valence-electron chi connectivity index (χ0n) is 11.3. The second kappa shape index (κ2) is 6.16. The number of rotatable bonds is 5. The van der Waals surface area contributed by atoms with Gasteiger partial charge in [-0.05, 0) is 6.07 Å². The van der Waals surface area contributed by atoms with Gasteiger partial charge in [-0.3, -0.25) is 0 Å². The van der Waals surface area contributed by atoms with Crippen LogP contribution in [-0.2, 0) is 12.1 Å². The summed E-state index contributed by atoms with van der Waals surface area (Å²) in [5.74, 6) is -1.48. The minimum absolute atomic E-state index is 0.00360. The molecule has 1 aromatic carbocycles. The molecule has 2 heterocycles. The Morgan fingerprint density at radius 1 is 1.27 bits per heavy atom. The van der Waals surface area contributed by atoms with E-state index in [1.807, 2.05) is 3.11 Å². The Bertz CT molecular complexity index is 709.